The van der Waals surface area contributed by atoms with Gasteiger partial charge in [0.15, 0.2) is 0 Å². The van der Waals surface area contributed by atoms with Crippen molar-refractivity contribution >= 4 is 11.9 Å². The van der Waals surface area contributed by atoms with Gasteiger partial charge in [0, 0.05) is 25.6 Å². The van der Waals surface area contributed by atoms with Crippen LogP contribution >= 0.6 is 0 Å². The van der Waals surface area contributed by atoms with Crippen molar-refractivity contribution < 1.29 is 9.59 Å². The van der Waals surface area contributed by atoms with E-state index >= 15 is 0 Å². The highest BCUT2D eigenvalue weighted by Crippen LogP contribution is 2.34. The van der Waals surface area contributed by atoms with E-state index in [1.807, 2.05) is 11.0 Å². The van der Waals surface area contributed by atoms with E-state index in [1.54, 1.807) is 7.05 Å². The van der Waals surface area contributed by atoms with Crippen molar-refractivity contribution in [2.24, 2.45) is 5.92 Å². The highest BCUT2D eigenvalue weighted by atomic mass is 16.2. The number of urea groups is 1. The lowest BCUT2D eigenvalue weighted by molar-refractivity contribution is -0.125. The van der Waals surface area contributed by atoms with Crippen LogP contribution in [0.4, 0.5) is 4.79 Å². The molecule has 5 heteroatoms. The number of nitrogens with one attached hydrogen (secondary N) is 2. The molecule has 1 atom stereocenters. The van der Waals surface area contributed by atoms with E-state index in [2.05, 4.69) is 35.8 Å². The first-order chi connectivity index (χ1) is 12.1. The van der Waals surface area contributed by atoms with Crippen LogP contribution in [0.15, 0.2) is 24.3 Å². The number of hydrogen-bond acceptors (Lipinski definition) is 2. The van der Waals surface area contributed by atoms with E-state index < -0.39 is 0 Å². The second-order valence-corrected chi connectivity index (χ2v) is 7.32. The third kappa shape index (κ3) is 3.97. The fourth-order valence-electron chi connectivity index (χ4n) is 4.26. The number of benzene rings is 1. The fourth-order valence-corrected chi connectivity index (χ4v) is 4.26. The topological polar surface area (TPSA) is 61.4 Å². The molecule has 2 N–H and O–H groups in total. The van der Waals surface area contributed by atoms with E-state index in [0.717, 1.165) is 45.1 Å². The smallest absolute Gasteiger partial charge is 0.318 e. The van der Waals surface area contributed by atoms with Gasteiger partial charge >= 0.3 is 6.03 Å². The van der Waals surface area contributed by atoms with Crippen LogP contribution < -0.4 is 10.6 Å². The van der Waals surface area contributed by atoms with Gasteiger partial charge in [0.2, 0.25) is 5.91 Å². The Morgan fingerprint density at radius 2 is 1.80 bits per heavy atom. The zero-order valence-electron chi connectivity index (χ0n) is 15.3. The molecule has 5 nitrogen and oxygen atoms in total. The van der Waals surface area contributed by atoms with Crippen molar-refractivity contribution in [3.05, 3.63) is 35.4 Å². The molecule has 2 fully saturated rings. The van der Waals surface area contributed by atoms with Crippen LogP contribution in [0.2, 0.25) is 0 Å². The van der Waals surface area contributed by atoms with E-state index in [4.69, 9.17) is 0 Å². The lowest BCUT2D eigenvalue weighted by Gasteiger charge is -2.32. The van der Waals surface area contributed by atoms with Gasteiger partial charge in [-0.1, -0.05) is 24.3 Å². The van der Waals surface area contributed by atoms with Crippen molar-refractivity contribution in [1.82, 2.24) is 15.5 Å². The predicted octanol–water partition coefficient (Wildman–Crippen LogP) is 3.15. The number of aryl methyl sites for hydroxylation is 1. The molecule has 1 unspecified atom stereocenters. The summed E-state index contributed by atoms with van der Waals surface area (Å²) in [6.45, 7) is 2.93. The highest BCUT2D eigenvalue weighted by Gasteiger charge is 2.33. The first-order valence-corrected chi connectivity index (χ1v) is 9.44. The van der Waals surface area contributed by atoms with Gasteiger partial charge in [-0.25, -0.2) is 4.79 Å². The van der Waals surface area contributed by atoms with Crippen molar-refractivity contribution in [1.29, 1.82) is 0 Å². The Kier molecular flexibility index (Phi) is 5.61. The predicted molar refractivity (Wildman–Crippen MR) is 98.2 cm³/mol. The Balaban J connectivity index is 1.58. The average molecular weight is 343 g/mol. The lowest BCUT2D eigenvalue weighted by Crippen LogP contribution is -2.46. The average Bonchev–Trinajstić information content (AvgIpc) is 3.11. The van der Waals surface area contributed by atoms with Gasteiger partial charge in [-0.2, -0.15) is 0 Å². The Morgan fingerprint density at radius 1 is 1.08 bits per heavy atom. The van der Waals surface area contributed by atoms with Crippen molar-refractivity contribution in [3.63, 3.8) is 0 Å². The number of hydrogen-bond donors (Lipinski definition) is 2. The summed E-state index contributed by atoms with van der Waals surface area (Å²) in [6, 6.07) is 8.77. The van der Waals surface area contributed by atoms with Gasteiger partial charge in [-0.15, -0.1) is 0 Å². The lowest BCUT2D eigenvalue weighted by atomic mass is 9.85. The van der Waals surface area contributed by atoms with Gasteiger partial charge in [0.25, 0.3) is 0 Å². The fraction of sp³-hybridized carbons (Fsp3) is 0.600. The maximum Gasteiger partial charge on any atom is 0.318 e. The Bertz CT molecular complexity index is 623. The summed E-state index contributed by atoms with van der Waals surface area (Å²) in [5.74, 6) is 0.230. The Morgan fingerprint density at radius 3 is 2.48 bits per heavy atom. The molecule has 1 heterocycles. The van der Waals surface area contributed by atoms with Crippen LogP contribution in [-0.4, -0.2) is 36.5 Å². The zero-order valence-corrected chi connectivity index (χ0v) is 15.3. The van der Waals surface area contributed by atoms with Crippen LogP contribution in [0, 0.1) is 12.8 Å². The monoisotopic (exact) mass is 343 g/mol. The number of nitrogens with zero attached hydrogens (tertiary/aromatic N) is 1. The number of likely N-dealkylation sites (tertiary alicyclic amines) is 1. The summed E-state index contributed by atoms with van der Waals surface area (Å²) in [5, 5.41) is 5.94. The number of carbonyl (C=O) groups is 2. The maximum atomic E-state index is 12.8. The molecule has 1 aromatic carbocycles. The molecule has 0 spiro atoms. The molecule has 0 radical (unpaired) electrons. The van der Waals surface area contributed by atoms with Crippen molar-refractivity contribution in [2.75, 3.05) is 13.6 Å². The van der Waals surface area contributed by atoms with E-state index in [-0.39, 0.29) is 29.9 Å². The van der Waals surface area contributed by atoms with E-state index in [0.29, 0.717) is 0 Å². The van der Waals surface area contributed by atoms with Crippen LogP contribution in [0.5, 0.6) is 0 Å². The molecular weight excluding hydrogens is 314 g/mol. The minimum Gasteiger partial charge on any atom is -0.359 e. The number of rotatable bonds is 3. The molecule has 0 aromatic heterocycles. The van der Waals surface area contributed by atoms with Crippen LogP contribution in [0.25, 0.3) is 0 Å². The first-order valence-electron chi connectivity index (χ1n) is 9.44. The summed E-state index contributed by atoms with van der Waals surface area (Å²) in [5.41, 5.74) is 2.51. The minimum atomic E-state index is 0.0501. The molecule has 1 aromatic rings. The highest BCUT2D eigenvalue weighted by molar-refractivity contribution is 5.78. The Hall–Kier alpha value is -2.04. The molecule has 1 aliphatic heterocycles. The summed E-state index contributed by atoms with van der Waals surface area (Å²) < 4.78 is 0. The molecular formula is C20H29N3O2. The summed E-state index contributed by atoms with van der Waals surface area (Å²) in [6.07, 6.45) is 5.55. The van der Waals surface area contributed by atoms with Gasteiger partial charge in [-0.3, -0.25) is 4.79 Å². The molecule has 25 heavy (non-hydrogen) atoms. The van der Waals surface area contributed by atoms with Gasteiger partial charge < -0.3 is 15.5 Å². The van der Waals surface area contributed by atoms with Crippen LogP contribution in [-0.2, 0) is 4.79 Å². The minimum absolute atomic E-state index is 0.0501. The molecule has 136 valence electrons. The molecule has 1 saturated heterocycles. The van der Waals surface area contributed by atoms with E-state index in [9.17, 15) is 9.59 Å². The zero-order chi connectivity index (χ0) is 17.8. The first kappa shape index (κ1) is 17.8. The number of carbonyl (C=O) groups excluding carboxylic acids is 2. The second kappa shape index (κ2) is 7.89. The van der Waals surface area contributed by atoms with Crippen molar-refractivity contribution in [3.8, 4) is 0 Å². The molecule has 1 saturated carbocycles. The molecule has 3 rings (SSSR count). The third-order valence-electron chi connectivity index (χ3n) is 5.73. The maximum absolute atomic E-state index is 12.8. The SMILES string of the molecule is CNC(=O)C1CCC(NC(=O)N2CCCC2c2ccccc2C)CC1. The van der Waals surface area contributed by atoms with Crippen molar-refractivity contribution in [2.45, 2.75) is 57.5 Å². The van der Waals surface area contributed by atoms with Gasteiger partial charge in [0.1, 0.15) is 0 Å². The van der Waals surface area contributed by atoms with Gasteiger partial charge in [0.05, 0.1) is 6.04 Å². The second-order valence-electron chi connectivity index (χ2n) is 7.32. The summed E-state index contributed by atoms with van der Waals surface area (Å²) in [4.78, 5) is 26.5. The number of amides is 3. The molecule has 0 bridgehead atoms. The summed E-state index contributed by atoms with van der Waals surface area (Å²) in [7, 11) is 1.69. The molecule has 3 amide bonds. The van der Waals surface area contributed by atoms with Crippen LogP contribution in [0.3, 0.4) is 0 Å². The van der Waals surface area contributed by atoms with Gasteiger partial charge in [-0.05, 0) is 56.6 Å². The summed E-state index contributed by atoms with van der Waals surface area (Å²) >= 11 is 0. The third-order valence-corrected chi connectivity index (χ3v) is 5.73. The largest absolute Gasteiger partial charge is 0.359 e. The van der Waals surface area contributed by atoms with Crippen LogP contribution in [0.1, 0.15) is 55.7 Å². The normalized spacial score (nSPS) is 26.3. The Labute approximate surface area is 150 Å². The van der Waals surface area contributed by atoms with E-state index in [1.165, 1.54) is 11.1 Å². The molecule has 2 aliphatic rings. The standard InChI is InChI=1S/C20H29N3O2/c1-14-6-3-4-7-17(14)18-8-5-13-23(18)20(25)22-16-11-9-15(10-12-16)19(24)21-2/h3-4,6-7,15-16,18H,5,8-13H2,1-2H3,(H,21,24)(H,22,25). The molecule has 1 aliphatic carbocycles. The quantitative estimate of drug-likeness (QED) is 0.886.